The molecule has 1 aliphatic rings. The Labute approximate surface area is 137 Å². The number of aliphatic hydroxyl groups is 1. The average molecular weight is 326 g/mol. The maximum absolute atomic E-state index is 12.1. The van der Waals surface area contributed by atoms with Gasteiger partial charge >= 0.3 is 0 Å². The van der Waals surface area contributed by atoms with E-state index in [2.05, 4.69) is 32.1 Å². The Morgan fingerprint density at radius 1 is 1.29 bits per heavy atom. The second-order valence-electron chi connectivity index (χ2n) is 6.04. The highest BCUT2D eigenvalue weighted by Crippen LogP contribution is 2.24. The molecule has 0 unspecified atom stereocenters. The maximum Gasteiger partial charge on any atom is 0.274 e. The van der Waals surface area contributed by atoms with Crippen LogP contribution in [0.5, 0.6) is 0 Å². The summed E-state index contributed by atoms with van der Waals surface area (Å²) >= 11 is 0. The summed E-state index contributed by atoms with van der Waals surface area (Å²) in [7, 11) is 0. The fourth-order valence-corrected chi connectivity index (χ4v) is 3.24. The van der Waals surface area contributed by atoms with Crippen molar-refractivity contribution in [3.8, 4) is 0 Å². The van der Waals surface area contributed by atoms with Crippen molar-refractivity contribution in [3.05, 3.63) is 57.5 Å². The number of H-pyrrole nitrogens is 1. The Morgan fingerprint density at radius 2 is 2.08 bits per heavy atom. The number of nitrogen functional groups attached to an aromatic ring is 1. The van der Waals surface area contributed by atoms with Crippen molar-refractivity contribution in [1.82, 2.24) is 24.5 Å². The van der Waals surface area contributed by atoms with Crippen LogP contribution in [0.2, 0.25) is 0 Å². The molecule has 0 bridgehead atoms. The highest BCUT2D eigenvalue weighted by atomic mass is 16.3. The first-order valence-electron chi connectivity index (χ1n) is 7.80. The van der Waals surface area contributed by atoms with E-state index in [9.17, 15) is 9.90 Å². The van der Waals surface area contributed by atoms with Crippen LogP contribution in [0.15, 0.2) is 35.1 Å². The molecule has 24 heavy (non-hydrogen) atoms. The number of anilines is 1. The Morgan fingerprint density at radius 3 is 2.88 bits per heavy atom. The molecule has 8 nitrogen and oxygen atoms in total. The van der Waals surface area contributed by atoms with Crippen LogP contribution in [0, 0.1) is 0 Å². The van der Waals surface area contributed by atoms with E-state index in [0.717, 1.165) is 6.42 Å². The SMILES string of the molecule is Nc1nc2nc(CN3Cc4ccccc4C[C@@H]3CO)cc(=O)n2[nH]1. The zero-order chi connectivity index (χ0) is 16.7. The van der Waals surface area contributed by atoms with Gasteiger partial charge in [0.1, 0.15) is 0 Å². The predicted molar refractivity (Wildman–Crippen MR) is 88.3 cm³/mol. The van der Waals surface area contributed by atoms with Crippen LogP contribution in [0.4, 0.5) is 5.95 Å². The van der Waals surface area contributed by atoms with Gasteiger partial charge in [-0.1, -0.05) is 24.3 Å². The summed E-state index contributed by atoms with van der Waals surface area (Å²) in [6, 6.07) is 9.69. The van der Waals surface area contributed by atoms with E-state index >= 15 is 0 Å². The van der Waals surface area contributed by atoms with E-state index in [1.165, 1.54) is 21.7 Å². The van der Waals surface area contributed by atoms with E-state index in [-0.39, 0.29) is 29.9 Å². The quantitative estimate of drug-likeness (QED) is 0.620. The van der Waals surface area contributed by atoms with Gasteiger partial charge in [0.05, 0.1) is 12.3 Å². The highest BCUT2D eigenvalue weighted by Gasteiger charge is 2.26. The number of nitrogens with two attached hydrogens (primary N) is 1. The number of nitrogens with one attached hydrogen (secondary N) is 1. The molecular formula is C16H18N6O2. The summed E-state index contributed by atoms with van der Waals surface area (Å²) < 4.78 is 1.22. The summed E-state index contributed by atoms with van der Waals surface area (Å²) in [6.07, 6.45) is 0.781. The van der Waals surface area contributed by atoms with Gasteiger partial charge in [0.15, 0.2) is 0 Å². The van der Waals surface area contributed by atoms with Crippen LogP contribution >= 0.6 is 0 Å². The van der Waals surface area contributed by atoms with Gasteiger partial charge in [-0.15, -0.1) is 0 Å². The van der Waals surface area contributed by atoms with Crippen LogP contribution in [-0.4, -0.2) is 42.2 Å². The third-order valence-corrected chi connectivity index (χ3v) is 4.44. The monoisotopic (exact) mass is 326 g/mol. The third-order valence-electron chi connectivity index (χ3n) is 4.44. The van der Waals surface area contributed by atoms with Gasteiger partial charge in [0, 0.05) is 25.2 Å². The number of fused-ring (bicyclic) bond motifs is 2. The van der Waals surface area contributed by atoms with E-state index in [1.807, 2.05) is 12.1 Å². The minimum absolute atomic E-state index is 0.00408. The van der Waals surface area contributed by atoms with E-state index < -0.39 is 0 Å². The molecule has 0 fully saturated rings. The molecule has 0 saturated heterocycles. The average Bonchev–Trinajstić information content (AvgIpc) is 2.95. The molecule has 1 atom stereocenters. The molecule has 3 aromatic rings. The topological polar surface area (TPSA) is 113 Å². The minimum atomic E-state index is -0.253. The lowest BCUT2D eigenvalue weighted by Gasteiger charge is -2.35. The number of hydrogen-bond donors (Lipinski definition) is 3. The van der Waals surface area contributed by atoms with Crippen molar-refractivity contribution in [1.29, 1.82) is 0 Å². The van der Waals surface area contributed by atoms with Crippen molar-refractivity contribution in [2.75, 3.05) is 12.3 Å². The summed E-state index contributed by atoms with van der Waals surface area (Å²) in [4.78, 5) is 22.7. The lowest BCUT2D eigenvalue weighted by molar-refractivity contribution is 0.0985. The molecule has 1 aromatic carbocycles. The standard InChI is InChI=1S/C16H18N6O2/c17-15-19-16-18-12(6-14(24)22(16)20-15)8-21-7-11-4-2-1-3-10(11)5-13(21)9-23/h1-4,6,13,23H,5,7-9H2,(H3,17,18,19,20)/t13-/m1/s1. The molecule has 4 rings (SSSR count). The zero-order valence-electron chi connectivity index (χ0n) is 13.0. The van der Waals surface area contributed by atoms with Gasteiger partial charge in [0.2, 0.25) is 5.95 Å². The first-order valence-corrected chi connectivity index (χ1v) is 7.80. The van der Waals surface area contributed by atoms with E-state index in [1.54, 1.807) is 0 Å². The lowest BCUT2D eigenvalue weighted by atomic mass is 9.94. The normalized spacial score (nSPS) is 18.0. The van der Waals surface area contributed by atoms with Crippen molar-refractivity contribution < 1.29 is 5.11 Å². The third kappa shape index (κ3) is 2.55. The molecule has 124 valence electrons. The molecule has 4 N–H and O–H groups in total. The molecule has 0 radical (unpaired) electrons. The summed E-state index contributed by atoms with van der Waals surface area (Å²) in [6.45, 7) is 1.24. The highest BCUT2D eigenvalue weighted by molar-refractivity contribution is 5.34. The zero-order valence-corrected chi connectivity index (χ0v) is 13.0. The molecule has 0 saturated carbocycles. The molecule has 2 aromatic heterocycles. The van der Waals surface area contributed by atoms with Crippen molar-refractivity contribution >= 4 is 11.7 Å². The first kappa shape index (κ1) is 14.9. The second-order valence-corrected chi connectivity index (χ2v) is 6.04. The number of hydrogen-bond acceptors (Lipinski definition) is 6. The van der Waals surface area contributed by atoms with Gasteiger partial charge in [-0.25, -0.2) is 4.98 Å². The van der Waals surface area contributed by atoms with Crippen molar-refractivity contribution in [3.63, 3.8) is 0 Å². The smallest absolute Gasteiger partial charge is 0.274 e. The number of aliphatic hydroxyl groups excluding tert-OH is 1. The molecule has 8 heteroatoms. The summed E-state index contributed by atoms with van der Waals surface area (Å²) in [5.41, 5.74) is 8.44. The van der Waals surface area contributed by atoms with Gasteiger partial charge < -0.3 is 10.8 Å². The minimum Gasteiger partial charge on any atom is -0.395 e. The fraction of sp³-hybridized carbons (Fsp3) is 0.312. The van der Waals surface area contributed by atoms with Crippen LogP contribution in [0.3, 0.4) is 0 Å². The molecule has 0 spiro atoms. The number of benzene rings is 1. The largest absolute Gasteiger partial charge is 0.395 e. The Hall–Kier alpha value is -2.71. The molecule has 1 aliphatic heterocycles. The van der Waals surface area contributed by atoms with Crippen molar-refractivity contribution in [2.45, 2.75) is 25.6 Å². The van der Waals surface area contributed by atoms with Crippen molar-refractivity contribution in [2.24, 2.45) is 0 Å². The predicted octanol–water partition coefficient (Wildman–Crippen LogP) is -0.0810. The van der Waals surface area contributed by atoms with Crippen LogP contribution in [0.1, 0.15) is 16.8 Å². The number of aromatic amines is 1. The van der Waals surface area contributed by atoms with E-state index in [0.29, 0.717) is 18.8 Å². The van der Waals surface area contributed by atoms with Gasteiger partial charge in [0.25, 0.3) is 11.3 Å². The van der Waals surface area contributed by atoms with E-state index in [4.69, 9.17) is 5.73 Å². The molecule has 0 amide bonds. The van der Waals surface area contributed by atoms with Gasteiger partial charge in [-0.2, -0.15) is 9.50 Å². The first-order chi connectivity index (χ1) is 11.6. The number of nitrogens with zero attached hydrogens (tertiary/aromatic N) is 4. The maximum atomic E-state index is 12.1. The molecule has 0 aliphatic carbocycles. The van der Waals surface area contributed by atoms with Gasteiger partial charge in [-0.3, -0.25) is 14.8 Å². The van der Waals surface area contributed by atoms with Crippen LogP contribution in [0.25, 0.3) is 5.78 Å². The fourth-order valence-electron chi connectivity index (χ4n) is 3.24. The Bertz CT molecular complexity index is 947. The second kappa shape index (κ2) is 5.73. The number of aromatic nitrogens is 4. The van der Waals surface area contributed by atoms with Gasteiger partial charge in [-0.05, 0) is 17.5 Å². The molecular weight excluding hydrogens is 308 g/mol. The number of rotatable bonds is 3. The lowest BCUT2D eigenvalue weighted by Crippen LogP contribution is -2.42. The van der Waals surface area contributed by atoms with Crippen LogP contribution < -0.4 is 11.3 Å². The van der Waals surface area contributed by atoms with Crippen LogP contribution in [-0.2, 0) is 19.5 Å². The summed E-state index contributed by atoms with van der Waals surface area (Å²) in [5, 5.41) is 12.4. The Kier molecular flexibility index (Phi) is 3.55. The summed E-state index contributed by atoms with van der Waals surface area (Å²) in [5.74, 6) is 0.407. The Balaban J connectivity index is 1.65. The molecule has 3 heterocycles.